The summed E-state index contributed by atoms with van der Waals surface area (Å²) in [6, 6.07) is 8.07. The molecule has 0 saturated carbocycles. The van der Waals surface area contributed by atoms with E-state index < -0.39 is 17.7 Å². The van der Waals surface area contributed by atoms with Crippen molar-refractivity contribution in [2.75, 3.05) is 5.32 Å². The highest BCUT2D eigenvalue weighted by atomic mass is 35.5. The van der Waals surface area contributed by atoms with Gasteiger partial charge in [0.1, 0.15) is 5.82 Å². The monoisotopic (exact) mass is 307 g/mol. The van der Waals surface area contributed by atoms with Crippen molar-refractivity contribution >= 4 is 29.2 Å². The van der Waals surface area contributed by atoms with Crippen LogP contribution in [0.3, 0.4) is 0 Å². The first-order valence-corrected chi connectivity index (χ1v) is 6.36. The first-order valence-electron chi connectivity index (χ1n) is 5.99. The average molecular weight is 308 g/mol. The third-order valence-corrected chi connectivity index (χ3v) is 3.22. The second-order valence-electron chi connectivity index (χ2n) is 4.42. The molecular formula is C15H11ClFNO3. The average Bonchev–Trinajstić information content (AvgIpc) is 2.43. The number of hydrogen-bond donors (Lipinski definition) is 2. The normalized spacial score (nSPS) is 10.2. The maximum Gasteiger partial charge on any atom is 0.335 e. The number of rotatable bonds is 3. The van der Waals surface area contributed by atoms with Crippen LogP contribution in [0.5, 0.6) is 0 Å². The van der Waals surface area contributed by atoms with E-state index in [0.717, 1.165) is 6.07 Å². The Morgan fingerprint density at radius 3 is 2.43 bits per heavy atom. The quantitative estimate of drug-likeness (QED) is 0.907. The molecule has 0 fully saturated rings. The number of hydrogen-bond acceptors (Lipinski definition) is 2. The fraction of sp³-hybridized carbons (Fsp3) is 0.0667. The Bertz CT molecular complexity index is 731. The number of benzene rings is 2. The molecule has 2 rings (SSSR count). The number of carbonyl (C=O) groups is 2. The maximum absolute atomic E-state index is 13.3. The third kappa shape index (κ3) is 3.38. The van der Waals surface area contributed by atoms with E-state index in [2.05, 4.69) is 5.32 Å². The van der Waals surface area contributed by atoms with E-state index in [1.165, 1.54) is 24.3 Å². The van der Waals surface area contributed by atoms with Crippen LogP contribution in [0.2, 0.25) is 5.02 Å². The lowest BCUT2D eigenvalue weighted by atomic mass is 10.1. The van der Waals surface area contributed by atoms with Crippen molar-refractivity contribution in [3.05, 3.63) is 63.9 Å². The molecule has 0 heterocycles. The highest BCUT2D eigenvalue weighted by Crippen LogP contribution is 2.20. The molecule has 0 aromatic heterocycles. The van der Waals surface area contributed by atoms with Crippen LogP contribution in [0.4, 0.5) is 10.1 Å². The van der Waals surface area contributed by atoms with Gasteiger partial charge in [0.25, 0.3) is 5.91 Å². The van der Waals surface area contributed by atoms with Gasteiger partial charge in [-0.25, -0.2) is 9.18 Å². The van der Waals surface area contributed by atoms with Crippen molar-refractivity contribution in [1.82, 2.24) is 0 Å². The number of carbonyl (C=O) groups excluding carboxylic acids is 1. The first-order chi connectivity index (χ1) is 9.88. The predicted molar refractivity (Wildman–Crippen MR) is 77.5 cm³/mol. The van der Waals surface area contributed by atoms with Crippen molar-refractivity contribution < 1.29 is 19.1 Å². The Kier molecular flexibility index (Phi) is 4.23. The zero-order valence-electron chi connectivity index (χ0n) is 11.0. The second kappa shape index (κ2) is 5.93. The lowest BCUT2D eigenvalue weighted by molar-refractivity contribution is 0.0696. The molecule has 1 amide bonds. The summed E-state index contributed by atoms with van der Waals surface area (Å²) in [5, 5.41) is 11.4. The van der Waals surface area contributed by atoms with E-state index >= 15 is 0 Å². The molecule has 0 saturated heterocycles. The molecule has 0 bridgehead atoms. The van der Waals surface area contributed by atoms with E-state index in [9.17, 15) is 14.0 Å². The molecule has 108 valence electrons. The number of carboxylic acids is 1. The summed E-state index contributed by atoms with van der Waals surface area (Å²) in [6.45, 7) is 1.73. The number of amides is 1. The zero-order chi connectivity index (χ0) is 15.6. The summed E-state index contributed by atoms with van der Waals surface area (Å²) in [7, 11) is 0. The number of halogens is 2. The van der Waals surface area contributed by atoms with E-state index in [1.54, 1.807) is 13.0 Å². The number of aromatic carboxylic acids is 1. The highest BCUT2D eigenvalue weighted by molar-refractivity contribution is 6.30. The summed E-state index contributed by atoms with van der Waals surface area (Å²) in [5.41, 5.74) is 1.20. The summed E-state index contributed by atoms with van der Waals surface area (Å²) >= 11 is 5.55. The van der Waals surface area contributed by atoms with Gasteiger partial charge in [-0.05, 0) is 42.8 Å². The molecular weight excluding hydrogens is 297 g/mol. The van der Waals surface area contributed by atoms with Crippen LogP contribution in [-0.2, 0) is 0 Å². The lowest BCUT2D eigenvalue weighted by Gasteiger charge is -2.09. The van der Waals surface area contributed by atoms with Gasteiger partial charge in [-0.1, -0.05) is 17.7 Å². The molecule has 0 radical (unpaired) electrons. The Hall–Kier alpha value is -2.40. The SMILES string of the molecule is Cc1ccc(C(=O)O)cc1NC(=O)c1ccc(Cl)c(F)c1. The van der Waals surface area contributed by atoms with E-state index in [4.69, 9.17) is 16.7 Å². The van der Waals surface area contributed by atoms with Crippen LogP contribution >= 0.6 is 11.6 Å². The standard InChI is InChI=1S/C15H11ClFNO3/c1-8-2-3-10(15(20)21)7-13(8)18-14(19)9-4-5-11(16)12(17)6-9/h2-7H,1H3,(H,18,19)(H,20,21). The smallest absolute Gasteiger partial charge is 0.335 e. The fourth-order valence-electron chi connectivity index (χ4n) is 1.72. The molecule has 4 nitrogen and oxygen atoms in total. The van der Waals surface area contributed by atoms with Crippen molar-refractivity contribution in [2.45, 2.75) is 6.92 Å². The van der Waals surface area contributed by atoms with Crippen molar-refractivity contribution in [2.24, 2.45) is 0 Å². The third-order valence-electron chi connectivity index (χ3n) is 2.91. The van der Waals surface area contributed by atoms with Gasteiger partial charge >= 0.3 is 5.97 Å². The van der Waals surface area contributed by atoms with Gasteiger partial charge in [0.15, 0.2) is 0 Å². The summed E-state index contributed by atoms with van der Waals surface area (Å²) in [6.07, 6.45) is 0. The van der Waals surface area contributed by atoms with Crippen LogP contribution < -0.4 is 5.32 Å². The molecule has 6 heteroatoms. The summed E-state index contributed by atoms with van der Waals surface area (Å²) < 4.78 is 13.3. The predicted octanol–water partition coefficient (Wildman–Crippen LogP) is 3.74. The first kappa shape index (κ1) is 15.0. The molecule has 2 aromatic carbocycles. The van der Waals surface area contributed by atoms with Gasteiger partial charge in [0.05, 0.1) is 10.6 Å². The van der Waals surface area contributed by atoms with Gasteiger partial charge in [-0.2, -0.15) is 0 Å². The topological polar surface area (TPSA) is 66.4 Å². The van der Waals surface area contributed by atoms with Crippen molar-refractivity contribution in [3.8, 4) is 0 Å². The van der Waals surface area contributed by atoms with E-state index in [0.29, 0.717) is 11.3 Å². The molecule has 0 aliphatic carbocycles. The summed E-state index contributed by atoms with van der Waals surface area (Å²) in [5.74, 6) is -2.33. The van der Waals surface area contributed by atoms with Crippen LogP contribution in [-0.4, -0.2) is 17.0 Å². The second-order valence-corrected chi connectivity index (χ2v) is 4.83. The molecule has 0 aliphatic rings. The Balaban J connectivity index is 2.28. The largest absolute Gasteiger partial charge is 0.478 e. The molecule has 0 aliphatic heterocycles. The van der Waals surface area contributed by atoms with Crippen LogP contribution in [0.15, 0.2) is 36.4 Å². The minimum atomic E-state index is -1.09. The highest BCUT2D eigenvalue weighted by Gasteiger charge is 2.12. The van der Waals surface area contributed by atoms with Crippen molar-refractivity contribution in [1.29, 1.82) is 0 Å². The van der Waals surface area contributed by atoms with Gasteiger partial charge in [-0.3, -0.25) is 4.79 Å². The van der Waals surface area contributed by atoms with Crippen LogP contribution in [0, 0.1) is 12.7 Å². The fourth-order valence-corrected chi connectivity index (χ4v) is 1.84. The van der Waals surface area contributed by atoms with Gasteiger partial charge in [0.2, 0.25) is 0 Å². The zero-order valence-corrected chi connectivity index (χ0v) is 11.7. The number of anilines is 1. The molecule has 0 atom stereocenters. The minimum Gasteiger partial charge on any atom is -0.478 e. The number of carboxylic acid groups (broad SMARTS) is 1. The summed E-state index contributed by atoms with van der Waals surface area (Å²) in [4.78, 5) is 23.0. The van der Waals surface area contributed by atoms with Gasteiger partial charge in [-0.15, -0.1) is 0 Å². The van der Waals surface area contributed by atoms with Crippen LogP contribution in [0.1, 0.15) is 26.3 Å². The maximum atomic E-state index is 13.3. The molecule has 0 unspecified atom stereocenters. The number of aryl methyl sites for hydroxylation is 1. The van der Waals surface area contributed by atoms with E-state index in [-0.39, 0.29) is 16.1 Å². The Morgan fingerprint density at radius 1 is 1.14 bits per heavy atom. The number of nitrogens with one attached hydrogen (secondary N) is 1. The van der Waals surface area contributed by atoms with E-state index in [1.807, 2.05) is 0 Å². The Labute approximate surface area is 125 Å². The lowest BCUT2D eigenvalue weighted by Crippen LogP contribution is -2.13. The molecule has 21 heavy (non-hydrogen) atoms. The van der Waals surface area contributed by atoms with Gasteiger partial charge < -0.3 is 10.4 Å². The van der Waals surface area contributed by atoms with Crippen LogP contribution in [0.25, 0.3) is 0 Å². The van der Waals surface area contributed by atoms with Crippen molar-refractivity contribution in [3.63, 3.8) is 0 Å². The van der Waals surface area contributed by atoms with Gasteiger partial charge in [0, 0.05) is 11.3 Å². The Morgan fingerprint density at radius 2 is 1.81 bits per heavy atom. The molecule has 2 aromatic rings. The molecule has 0 spiro atoms. The minimum absolute atomic E-state index is 0.0539. The molecule has 2 N–H and O–H groups in total.